The molecule has 1 aromatic rings. The number of nitrogen functional groups attached to an aromatic ring is 1. The number of thioether (sulfide) groups is 1. The molecule has 0 aliphatic carbocycles. The van der Waals surface area contributed by atoms with Gasteiger partial charge in [-0.25, -0.2) is 4.79 Å². The third kappa shape index (κ3) is 3.71. The van der Waals surface area contributed by atoms with Gasteiger partial charge in [-0.15, -0.1) is 0 Å². The number of benzene rings is 1. The van der Waals surface area contributed by atoms with Crippen LogP contribution >= 0.6 is 11.8 Å². The molecule has 19 heavy (non-hydrogen) atoms. The predicted octanol–water partition coefficient (Wildman–Crippen LogP) is 0.916. The van der Waals surface area contributed by atoms with Crippen molar-refractivity contribution in [1.29, 1.82) is 0 Å². The summed E-state index contributed by atoms with van der Waals surface area (Å²) < 4.78 is 0. The smallest absolute Gasteiger partial charge is 0.331 e. The summed E-state index contributed by atoms with van der Waals surface area (Å²) >= 11 is 1.45. The molecule has 0 heterocycles. The van der Waals surface area contributed by atoms with Crippen molar-refractivity contribution in [2.45, 2.75) is 18.4 Å². The SMILES string of the molecule is CSCCC(N)(C(=O)O)C(=O)Cc1ccccc1N. The molecule has 6 heteroatoms. The molecule has 0 spiro atoms. The second kappa shape index (κ2) is 6.58. The number of rotatable bonds is 7. The highest BCUT2D eigenvalue weighted by atomic mass is 32.2. The number of anilines is 1. The fourth-order valence-electron chi connectivity index (χ4n) is 1.65. The van der Waals surface area contributed by atoms with Crippen molar-refractivity contribution in [2.24, 2.45) is 5.73 Å². The summed E-state index contributed by atoms with van der Waals surface area (Å²) in [7, 11) is 0. The number of carbonyl (C=O) groups is 2. The zero-order chi connectivity index (χ0) is 14.5. The van der Waals surface area contributed by atoms with E-state index in [4.69, 9.17) is 11.5 Å². The van der Waals surface area contributed by atoms with Crippen LogP contribution in [0.2, 0.25) is 0 Å². The van der Waals surface area contributed by atoms with E-state index in [1.54, 1.807) is 24.3 Å². The van der Waals surface area contributed by atoms with Gasteiger partial charge in [0, 0.05) is 12.1 Å². The van der Waals surface area contributed by atoms with Gasteiger partial charge >= 0.3 is 5.97 Å². The van der Waals surface area contributed by atoms with Crippen molar-refractivity contribution in [3.63, 3.8) is 0 Å². The lowest BCUT2D eigenvalue weighted by atomic mass is 9.88. The lowest BCUT2D eigenvalue weighted by Crippen LogP contribution is -2.56. The van der Waals surface area contributed by atoms with Gasteiger partial charge in [-0.05, 0) is 30.1 Å². The molecular formula is C13H18N2O3S. The van der Waals surface area contributed by atoms with Gasteiger partial charge in [-0.3, -0.25) is 4.79 Å². The van der Waals surface area contributed by atoms with Gasteiger partial charge in [0.2, 0.25) is 0 Å². The van der Waals surface area contributed by atoms with Crippen molar-refractivity contribution in [3.8, 4) is 0 Å². The largest absolute Gasteiger partial charge is 0.480 e. The zero-order valence-electron chi connectivity index (χ0n) is 10.8. The van der Waals surface area contributed by atoms with Crippen molar-refractivity contribution in [3.05, 3.63) is 29.8 Å². The molecule has 1 unspecified atom stereocenters. The van der Waals surface area contributed by atoms with E-state index in [1.807, 2.05) is 6.26 Å². The lowest BCUT2D eigenvalue weighted by molar-refractivity contribution is -0.148. The van der Waals surface area contributed by atoms with E-state index < -0.39 is 17.3 Å². The van der Waals surface area contributed by atoms with Gasteiger partial charge in [-0.2, -0.15) is 11.8 Å². The molecule has 0 bridgehead atoms. The monoisotopic (exact) mass is 282 g/mol. The van der Waals surface area contributed by atoms with Crippen LogP contribution in [0, 0.1) is 0 Å². The minimum Gasteiger partial charge on any atom is -0.480 e. The summed E-state index contributed by atoms with van der Waals surface area (Å²) in [5, 5.41) is 9.19. The lowest BCUT2D eigenvalue weighted by Gasteiger charge is -2.23. The van der Waals surface area contributed by atoms with Crippen molar-refractivity contribution in [1.82, 2.24) is 0 Å². The van der Waals surface area contributed by atoms with Crippen LogP contribution in [-0.2, 0) is 16.0 Å². The average molecular weight is 282 g/mol. The Morgan fingerprint density at radius 1 is 1.37 bits per heavy atom. The van der Waals surface area contributed by atoms with E-state index in [0.29, 0.717) is 17.0 Å². The molecule has 0 fully saturated rings. The van der Waals surface area contributed by atoms with Crippen LogP contribution in [0.15, 0.2) is 24.3 Å². The summed E-state index contributed by atoms with van der Waals surface area (Å²) in [6.45, 7) is 0. The molecule has 0 aliphatic heterocycles. The second-order valence-electron chi connectivity index (χ2n) is 4.32. The number of carbonyl (C=O) groups excluding carboxylic acids is 1. The number of aliphatic carboxylic acids is 1. The van der Waals surface area contributed by atoms with Gasteiger partial charge in [-0.1, -0.05) is 18.2 Å². The Balaban J connectivity index is 2.90. The summed E-state index contributed by atoms with van der Waals surface area (Å²) in [5.41, 5.74) is 10.7. The number of carboxylic acids is 1. The number of nitrogens with two attached hydrogens (primary N) is 2. The molecule has 1 aromatic carbocycles. The van der Waals surface area contributed by atoms with Crippen LogP contribution in [0.4, 0.5) is 5.69 Å². The zero-order valence-corrected chi connectivity index (χ0v) is 11.6. The van der Waals surface area contributed by atoms with Crippen molar-refractivity contribution in [2.75, 3.05) is 17.7 Å². The van der Waals surface area contributed by atoms with Gasteiger partial charge < -0.3 is 16.6 Å². The van der Waals surface area contributed by atoms with Crippen LogP contribution in [0.1, 0.15) is 12.0 Å². The van der Waals surface area contributed by atoms with Crippen molar-refractivity contribution >= 4 is 29.2 Å². The van der Waals surface area contributed by atoms with Gasteiger partial charge in [0.05, 0.1) is 0 Å². The Hall–Kier alpha value is -1.53. The number of ketones is 1. The molecule has 0 amide bonds. The summed E-state index contributed by atoms with van der Waals surface area (Å²) in [6.07, 6.45) is 1.88. The Morgan fingerprint density at radius 2 is 2.00 bits per heavy atom. The van der Waals surface area contributed by atoms with Crippen LogP contribution in [0.3, 0.4) is 0 Å². The molecule has 0 aromatic heterocycles. The highest BCUT2D eigenvalue weighted by Crippen LogP contribution is 2.18. The van der Waals surface area contributed by atoms with Crippen LogP contribution in [0.25, 0.3) is 0 Å². The van der Waals surface area contributed by atoms with Crippen LogP contribution in [-0.4, -0.2) is 34.4 Å². The van der Waals surface area contributed by atoms with E-state index in [2.05, 4.69) is 0 Å². The average Bonchev–Trinajstić information content (AvgIpc) is 2.38. The molecular weight excluding hydrogens is 264 g/mol. The van der Waals surface area contributed by atoms with Crippen LogP contribution in [0.5, 0.6) is 0 Å². The van der Waals surface area contributed by atoms with E-state index >= 15 is 0 Å². The molecule has 1 rings (SSSR count). The first-order valence-corrected chi connectivity index (χ1v) is 7.19. The van der Waals surface area contributed by atoms with Gasteiger partial charge in [0.1, 0.15) is 0 Å². The Kier molecular flexibility index (Phi) is 5.38. The Bertz CT molecular complexity index is 479. The maximum atomic E-state index is 12.2. The highest BCUT2D eigenvalue weighted by molar-refractivity contribution is 7.98. The first kappa shape index (κ1) is 15.5. The maximum absolute atomic E-state index is 12.2. The minimum atomic E-state index is -1.84. The number of Topliss-reactive ketones (excluding diaryl/α,β-unsaturated/α-hetero) is 1. The molecule has 0 saturated heterocycles. The maximum Gasteiger partial charge on any atom is 0.331 e. The minimum absolute atomic E-state index is 0.0656. The normalized spacial score (nSPS) is 13.8. The number of hydrogen-bond acceptors (Lipinski definition) is 5. The summed E-state index contributed by atoms with van der Waals surface area (Å²) in [6, 6.07) is 6.87. The Morgan fingerprint density at radius 3 is 2.53 bits per heavy atom. The highest BCUT2D eigenvalue weighted by Gasteiger charge is 2.41. The molecule has 0 aliphatic rings. The first-order valence-electron chi connectivity index (χ1n) is 5.79. The van der Waals surface area contributed by atoms with Crippen molar-refractivity contribution < 1.29 is 14.7 Å². The summed E-state index contributed by atoms with van der Waals surface area (Å²) in [5.74, 6) is -1.30. The molecule has 0 radical (unpaired) electrons. The molecule has 0 saturated carbocycles. The first-order chi connectivity index (χ1) is 8.91. The fourth-order valence-corrected chi connectivity index (χ4v) is 2.18. The topological polar surface area (TPSA) is 106 Å². The Labute approximate surface area is 116 Å². The second-order valence-corrected chi connectivity index (χ2v) is 5.30. The van der Waals surface area contributed by atoms with E-state index in [0.717, 1.165) is 0 Å². The number of carboxylic acid groups (broad SMARTS) is 1. The molecule has 1 atom stereocenters. The molecule has 5 N–H and O–H groups in total. The summed E-state index contributed by atoms with van der Waals surface area (Å²) in [4.78, 5) is 23.4. The molecule has 104 valence electrons. The number of para-hydroxylation sites is 1. The van der Waals surface area contributed by atoms with E-state index in [1.165, 1.54) is 11.8 Å². The van der Waals surface area contributed by atoms with E-state index in [9.17, 15) is 14.7 Å². The van der Waals surface area contributed by atoms with Crippen LogP contribution < -0.4 is 11.5 Å². The standard InChI is InChI=1S/C13H18N2O3S/c1-19-7-6-13(15,12(17)18)11(16)8-9-4-2-3-5-10(9)14/h2-5H,6-8,14-15H2,1H3,(H,17,18). The van der Waals surface area contributed by atoms with E-state index in [-0.39, 0.29) is 12.8 Å². The fraction of sp³-hybridized carbons (Fsp3) is 0.385. The third-order valence-corrected chi connectivity index (χ3v) is 3.60. The van der Waals surface area contributed by atoms with Gasteiger partial charge in [0.25, 0.3) is 0 Å². The quantitative estimate of drug-likeness (QED) is 0.507. The van der Waals surface area contributed by atoms with Gasteiger partial charge in [0.15, 0.2) is 11.3 Å². The number of hydrogen-bond donors (Lipinski definition) is 3. The molecule has 5 nitrogen and oxygen atoms in total. The predicted molar refractivity (Wildman–Crippen MR) is 77.1 cm³/mol. The third-order valence-electron chi connectivity index (χ3n) is 2.99.